The second-order valence-corrected chi connectivity index (χ2v) is 10.7. The topological polar surface area (TPSA) is 93.5 Å². The molecule has 180 valence electrons. The molecule has 0 radical (unpaired) electrons. The lowest BCUT2D eigenvalue weighted by Crippen LogP contribution is -2.40. The molecule has 1 aliphatic rings. The molecule has 1 fully saturated rings. The number of aryl methyl sites for hydroxylation is 2. The van der Waals surface area contributed by atoms with Crippen LogP contribution in [0.1, 0.15) is 41.4 Å². The van der Waals surface area contributed by atoms with Gasteiger partial charge in [0.15, 0.2) is 0 Å². The number of amides is 1. The fourth-order valence-electron chi connectivity index (χ4n) is 3.91. The van der Waals surface area contributed by atoms with Crippen LogP contribution in [0.4, 0.5) is 5.69 Å². The van der Waals surface area contributed by atoms with Gasteiger partial charge in [0, 0.05) is 36.6 Å². The molecule has 0 unspecified atom stereocenters. The van der Waals surface area contributed by atoms with E-state index in [4.69, 9.17) is 4.74 Å². The molecule has 2 aromatic carbocycles. The van der Waals surface area contributed by atoms with Crippen LogP contribution in [0, 0.1) is 13.8 Å². The smallest absolute Gasteiger partial charge is 0.259 e. The molecule has 0 bridgehead atoms. The highest BCUT2D eigenvalue weighted by molar-refractivity contribution is 7.89. The molecule has 8 nitrogen and oxygen atoms in total. The molecular weight excluding hydrogens is 452 g/mol. The third-order valence-electron chi connectivity index (χ3n) is 5.83. The number of carbonyl (C=O) groups is 1. The molecule has 1 N–H and O–H groups in total. The van der Waals surface area contributed by atoms with Crippen LogP contribution in [-0.2, 0) is 14.8 Å². The van der Waals surface area contributed by atoms with Crippen LogP contribution in [0.15, 0.2) is 53.6 Å². The molecule has 3 aromatic rings. The third kappa shape index (κ3) is 4.91. The van der Waals surface area contributed by atoms with Crippen molar-refractivity contribution in [3.63, 3.8) is 0 Å². The van der Waals surface area contributed by atoms with E-state index in [1.54, 1.807) is 29.9 Å². The summed E-state index contributed by atoms with van der Waals surface area (Å²) in [4.78, 5) is 13.5. The first-order chi connectivity index (χ1) is 16.2. The van der Waals surface area contributed by atoms with Crippen molar-refractivity contribution in [1.82, 2.24) is 14.1 Å². The molecule has 34 heavy (non-hydrogen) atoms. The quantitative estimate of drug-likeness (QED) is 0.573. The summed E-state index contributed by atoms with van der Waals surface area (Å²) in [5.74, 6) is -0.345. The Balaban J connectivity index is 1.67. The molecule has 0 aliphatic carbocycles. The fraction of sp³-hybridized carbons (Fsp3) is 0.360. The number of morpholine rings is 1. The van der Waals surface area contributed by atoms with Crippen molar-refractivity contribution in [2.24, 2.45) is 0 Å². The zero-order valence-electron chi connectivity index (χ0n) is 19.9. The molecule has 1 amide bonds. The number of sulfonamides is 1. The van der Waals surface area contributed by atoms with E-state index in [0.717, 1.165) is 11.1 Å². The monoisotopic (exact) mass is 482 g/mol. The summed E-state index contributed by atoms with van der Waals surface area (Å²) in [5, 5.41) is 7.54. The first-order valence-electron chi connectivity index (χ1n) is 11.3. The highest BCUT2D eigenvalue weighted by Gasteiger charge is 2.28. The van der Waals surface area contributed by atoms with Gasteiger partial charge in [0.2, 0.25) is 10.0 Å². The second-order valence-electron chi connectivity index (χ2n) is 8.79. The highest BCUT2D eigenvalue weighted by atomic mass is 32.2. The van der Waals surface area contributed by atoms with Crippen LogP contribution < -0.4 is 5.32 Å². The van der Waals surface area contributed by atoms with E-state index in [9.17, 15) is 13.2 Å². The van der Waals surface area contributed by atoms with Crippen molar-refractivity contribution in [1.29, 1.82) is 0 Å². The van der Waals surface area contributed by atoms with Gasteiger partial charge in [-0.2, -0.15) is 9.40 Å². The minimum absolute atomic E-state index is 0.0785. The lowest BCUT2D eigenvalue weighted by atomic mass is 10.1. The predicted molar refractivity (Wildman–Crippen MR) is 131 cm³/mol. The molecule has 0 atom stereocenters. The van der Waals surface area contributed by atoms with Crippen LogP contribution in [0.2, 0.25) is 0 Å². The van der Waals surface area contributed by atoms with E-state index in [1.165, 1.54) is 10.4 Å². The van der Waals surface area contributed by atoms with Crippen LogP contribution in [0.3, 0.4) is 0 Å². The van der Waals surface area contributed by atoms with Gasteiger partial charge in [-0.05, 0) is 51.5 Å². The summed E-state index contributed by atoms with van der Waals surface area (Å²) in [6.07, 6.45) is 1.73. The van der Waals surface area contributed by atoms with E-state index in [0.29, 0.717) is 48.8 Å². The number of benzene rings is 2. The van der Waals surface area contributed by atoms with Gasteiger partial charge in [-0.25, -0.2) is 8.42 Å². The van der Waals surface area contributed by atoms with Gasteiger partial charge in [0.25, 0.3) is 5.91 Å². The fourth-order valence-corrected chi connectivity index (χ4v) is 5.57. The summed E-state index contributed by atoms with van der Waals surface area (Å²) in [5.41, 5.74) is 3.97. The maximum absolute atomic E-state index is 13.3. The molecule has 2 heterocycles. The van der Waals surface area contributed by atoms with Crippen molar-refractivity contribution < 1.29 is 17.9 Å². The number of nitrogens with zero attached hydrogens (tertiary/aromatic N) is 3. The Morgan fingerprint density at radius 1 is 1.09 bits per heavy atom. The first-order valence-corrected chi connectivity index (χ1v) is 12.8. The maximum atomic E-state index is 13.3. The van der Waals surface area contributed by atoms with Gasteiger partial charge >= 0.3 is 0 Å². The Hall–Kier alpha value is -3.01. The molecule has 4 rings (SSSR count). The van der Waals surface area contributed by atoms with Gasteiger partial charge in [-0.1, -0.05) is 29.8 Å². The second kappa shape index (κ2) is 9.69. The highest BCUT2D eigenvalue weighted by Crippen LogP contribution is 2.28. The molecule has 0 saturated carbocycles. The third-order valence-corrected chi connectivity index (χ3v) is 7.87. The number of carbonyl (C=O) groups excluding carboxylic acids is 1. The van der Waals surface area contributed by atoms with E-state index < -0.39 is 10.0 Å². The zero-order valence-corrected chi connectivity index (χ0v) is 20.7. The minimum atomic E-state index is -3.69. The first kappa shape index (κ1) is 24.1. The Bertz CT molecular complexity index is 1310. The van der Waals surface area contributed by atoms with Gasteiger partial charge in [0.1, 0.15) is 5.69 Å². The summed E-state index contributed by atoms with van der Waals surface area (Å²) in [6.45, 7) is 9.10. The molecule has 1 saturated heterocycles. The van der Waals surface area contributed by atoms with Crippen LogP contribution in [-0.4, -0.2) is 54.7 Å². The van der Waals surface area contributed by atoms with Crippen LogP contribution in [0.25, 0.3) is 11.3 Å². The Morgan fingerprint density at radius 3 is 2.50 bits per heavy atom. The number of aromatic nitrogens is 2. The van der Waals surface area contributed by atoms with Crippen molar-refractivity contribution >= 4 is 21.6 Å². The van der Waals surface area contributed by atoms with Gasteiger partial charge in [-0.15, -0.1) is 0 Å². The van der Waals surface area contributed by atoms with Crippen molar-refractivity contribution in [3.05, 3.63) is 65.4 Å². The number of hydrogen-bond donors (Lipinski definition) is 1. The lowest BCUT2D eigenvalue weighted by molar-refractivity contribution is 0.0730. The summed E-state index contributed by atoms with van der Waals surface area (Å²) in [7, 11) is -3.69. The molecule has 0 spiro atoms. The number of anilines is 1. The van der Waals surface area contributed by atoms with Gasteiger partial charge in [0.05, 0.1) is 23.7 Å². The van der Waals surface area contributed by atoms with Crippen LogP contribution >= 0.6 is 0 Å². The molecule has 1 aliphatic heterocycles. The van der Waals surface area contributed by atoms with Crippen molar-refractivity contribution in [2.45, 2.75) is 38.6 Å². The summed E-state index contributed by atoms with van der Waals surface area (Å²) < 4.78 is 34.9. The Kier molecular flexibility index (Phi) is 6.88. The summed E-state index contributed by atoms with van der Waals surface area (Å²) in [6, 6.07) is 12.9. The van der Waals surface area contributed by atoms with E-state index >= 15 is 0 Å². The molecule has 1 aromatic heterocycles. The van der Waals surface area contributed by atoms with Crippen molar-refractivity contribution in [2.75, 3.05) is 31.6 Å². The van der Waals surface area contributed by atoms with Crippen molar-refractivity contribution in [3.8, 4) is 11.3 Å². The maximum Gasteiger partial charge on any atom is 0.259 e. The minimum Gasteiger partial charge on any atom is -0.379 e. The number of ether oxygens (including phenoxy) is 1. The Labute approximate surface area is 200 Å². The normalized spacial score (nSPS) is 15.0. The number of nitrogens with one attached hydrogen (secondary N) is 1. The van der Waals surface area contributed by atoms with Crippen LogP contribution in [0.5, 0.6) is 0 Å². The average molecular weight is 483 g/mol. The van der Waals surface area contributed by atoms with E-state index in [1.807, 2.05) is 45.0 Å². The molecular formula is C25H30N4O4S. The van der Waals surface area contributed by atoms with Gasteiger partial charge < -0.3 is 10.1 Å². The van der Waals surface area contributed by atoms with E-state index in [-0.39, 0.29) is 16.8 Å². The largest absolute Gasteiger partial charge is 0.379 e. The number of hydrogen-bond acceptors (Lipinski definition) is 5. The lowest BCUT2D eigenvalue weighted by Gasteiger charge is -2.26. The summed E-state index contributed by atoms with van der Waals surface area (Å²) >= 11 is 0. The van der Waals surface area contributed by atoms with Gasteiger partial charge in [-0.3, -0.25) is 9.48 Å². The van der Waals surface area contributed by atoms with E-state index in [2.05, 4.69) is 10.4 Å². The predicted octanol–water partition coefficient (Wildman–Crippen LogP) is 4.02. The molecule has 9 heteroatoms. The average Bonchev–Trinajstić information content (AvgIpc) is 3.27. The number of rotatable bonds is 6. The standard InChI is InChI=1S/C25H30N4O4S/c1-17(2)29-16-22(24(27-29)20-7-5-6-18(3)14-20)25(30)26-21-9-8-19(4)23(15-21)34(31,32)28-10-12-33-13-11-28/h5-9,14-17H,10-13H2,1-4H3,(H,26,30). The zero-order chi connectivity index (χ0) is 24.5. The SMILES string of the molecule is Cc1cccc(-c2nn(C(C)C)cc2C(=O)Nc2ccc(C)c(S(=O)(=O)N3CCOCC3)c2)c1. The Morgan fingerprint density at radius 2 is 1.82 bits per heavy atom.